The standard InChI is InChI=1S/C12H21NO2/c1-12(2)7-13(8-12)6-9-4-3-5-10(9)11(14)15/h9-10H,3-8H2,1-2H3,(H,14,15). The summed E-state index contributed by atoms with van der Waals surface area (Å²) >= 11 is 0. The molecule has 0 spiro atoms. The minimum atomic E-state index is -0.586. The number of nitrogens with zero attached hydrogens (tertiary/aromatic N) is 1. The van der Waals surface area contributed by atoms with Crippen LogP contribution >= 0.6 is 0 Å². The maximum absolute atomic E-state index is 11.0. The normalized spacial score (nSPS) is 35.1. The van der Waals surface area contributed by atoms with E-state index in [1.807, 2.05) is 0 Å². The number of aliphatic carboxylic acids is 1. The third-order valence-corrected chi connectivity index (χ3v) is 3.77. The van der Waals surface area contributed by atoms with Gasteiger partial charge in [0.15, 0.2) is 0 Å². The van der Waals surface area contributed by atoms with Crippen LogP contribution in [0.15, 0.2) is 0 Å². The van der Waals surface area contributed by atoms with E-state index in [9.17, 15) is 4.79 Å². The fraction of sp³-hybridized carbons (Fsp3) is 0.917. The number of likely N-dealkylation sites (tertiary alicyclic amines) is 1. The van der Waals surface area contributed by atoms with Gasteiger partial charge in [-0.3, -0.25) is 4.79 Å². The minimum Gasteiger partial charge on any atom is -0.481 e. The van der Waals surface area contributed by atoms with Crippen molar-refractivity contribution in [2.24, 2.45) is 17.3 Å². The highest BCUT2D eigenvalue weighted by Crippen LogP contribution is 2.36. The highest BCUT2D eigenvalue weighted by Gasteiger charge is 2.39. The molecule has 1 aliphatic carbocycles. The van der Waals surface area contributed by atoms with E-state index in [1.54, 1.807) is 0 Å². The van der Waals surface area contributed by atoms with Crippen LogP contribution in [0.4, 0.5) is 0 Å². The number of carboxylic acids is 1. The summed E-state index contributed by atoms with van der Waals surface area (Å²) < 4.78 is 0. The van der Waals surface area contributed by atoms with Crippen molar-refractivity contribution in [2.75, 3.05) is 19.6 Å². The molecule has 3 nitrogen and oxygen atoms in total. The van der Waals surface area contributed by atoms with Crippen molar-refractivity contribution >= 4 is 5.97 Å². The molecule has 0 aromatic carbocycles. The van der Waals surface area contributed by atoms with Crippen molar-refractivity contribution in [1.82, 2.24) is 4.90 Å². The van der Waals surface area contributed by atoms with Crippen molar-refractivity contribution in [3.8, 4) is 0 Å². The average molecular weight is 211 g/mol. The summed E-state index contributed by atoms with van der Waals surface area (Å²) in [5, 5.41) is 9.07. The maximum Gasteiger partial charge on any atom is 0.306 e. The van der Waals surface area contributed by atoms with Crippen LogP contribution in [-0.2, 0) is 4.79 Å². The predicted octanol–water partition coefficient (Wildman–Crippen LogP) is 1.83. The van der Waals surface area contributed by atoms with Crippen LogP contribution in [0.2, 0.25) is 0 Å². The zero-order valence-corrected chi connectivity index (χ0v) is 9.70. The van der Waals surface area contributed by atoms with Gasteiger partial charge < -0.3 is 10.0 Å². The summed E-state index contributed by atoms with van der Waals surface area (Å²) in [6.45, 7) is 7.81. The van der Waals surface area contributed by atoms with Crippen molar-refractivity contribution < 1.29 is 9.90 Å². The first kappa shape index (κ1) is 10.9. The van der Waals surface area contributed by atoms with E-state index in [1.165, 1.54) is 0 Å². The van der Waals surface area contributed by atoms with E-state index in [0.29, 0.717) is 11.3 Å². The Hall–Kier alpha value is -0.570. The summed E-state index contributed by atoms with van der Waals surface area (Å²) in [7, 11) is 0. The van der Waals surface area contributed by atoms with E-state index in [2.05, 4.69) is 18.7 Å². The van der Waals surface area contributed by atoms with Crippen molar-refractivity contribution in [3.05, 3.63) is 0 Å². The van der Waals surface area contributed by atoms with Crippen LogP contribution in [0.3, 0.4) is 0 Å². The second-order valence-electron chi connectivity index (χ2n) is 5.97. The van der Waals surface area contributed by atoms with Gasteiger partial charge in [0.05, 0.1) is 5.92 Å². The van der Waals surface area contributed by atoms with Crippen LogP contribution < -0.4 is 0 Å². The molecule has 1 aliphatic heterocycles. The lowest BCUT2D eigenvalue weighted by Crippen LogP contribution is -2.54. The fourth-order valence-corrected chi connectivity index (χ4v) is 3.21. The van der Waals surface area contributed by atoms with Crippen LogP contribution in [0, 0.1) is 17.3 Å². The molecule has 2 atom stereocenters. The largest absolute Gasteiger partial charge is 0.481 e. The summed E-state index contributed by atoms with van der Waals surface area (Å²) in [4.78, 5) is 13.4. The molecule has 0 bridgehead atoms. The van der Waals surface area contributed by atoms with Crippen molar-refractivity contribution in [1.29, 1.82) is 0 Å². The number of carbonyl (C=O) groups is 1. The molecule has 2 rings (SSSR count). The quantitative estimate of drug-likeness (QED) is 0.774. The molecule has 2 aliphatic rings. The molecule has 0 aromatic rings. The van der Waals surface area contributed by atoms with Crippen molar-refractivity contribution in [2.45, 2.75) is 33.1 Å². The smallest absolute Gasteiger partial charge is 0.306 e. The van der Waals surface area contributed by atoms with Crippen LogP contribution in [0.5, 0.6) is 0 Å². The molecule has 2 unspecified atom stereocenters. The van der Waals surface area contributed by atoms with E-state index in [4.69, 9.17) is 5.11 Å². The molecule has 0 radical (unpaired) electrons. The van der Waals surface area contributed by atoms with Gasteiger partial charge in [-0.2, -0.15) is 0 Å². The van der Waals surface area contributed by atoms with Gasteiger partial charge in [-0.05, 0) is 24.2 Å². The van der Waals surface area contributed by atoms with Crippen LogP contribution in [0.1, 0.15) is 33.1 Å². The van der Waals surface area contributed by atoms with Gasteiger partial charge in [-0.1, -0.05) is 20.3 Å². The SMILES string of the molecule is CC1(C)CN(CC2CCCC2C(=O)O)C1. The molecule has 15 heavy (non-hydrogen) atoms. The Bertz CT molecular complexity index is 254. The van der Waals surface area contributed by atoms with Gasteiger partial charge >= 0.3 is 5.97 Å². The lowest BCUT2D eigenvalue weighted by molar-refractivity contribution is -0.143. The topological polar surface area (TPSA) is 40.5 Å². The molecular weight excluding hydrogens is 190 g/mol. The molecule has 1 heterocycles. The first-order valence-electron chi connectivity index (χ1n) is 5.93. The number of hydrogen-bond donors (Lipinski definition) is 1. The Morgan fingerprint density at radius 3 is 2.60 bits per heavy atom. The second-order valence-corrected chi connectivity index (χ2v) is 5.97. The third-order valence-electron chi connectivity index (χ3n) is 3.77. The Morgan fingerprint density at radius 2 is 2.07 bits per heavy atom. The maximum atomic E-state index is 11.0. The lowest BCUT2D eigenvalue weighted by atomic mass is 9.83. The van der Waals surface area contributed by atoms with E-state index >= 15 is 0 Å². The zero-order chi connectivity index (χ0) is 11.1. The molecule has 1 N–H and O–H groups in total. The Balaban J connectivity index is 1.82. The summed E-state index contributed by atoms with van der Waals surface area (Å²) in [6, 6.07) is 0. The minimum absolute atomic E-state index is 0.0753. The Labute approximate surface area is 91.5 Å². The second kappa shape index (κ2) is 3.78. The fourth-order valence-electron chi connectivity index (χ4n) is 3.21. The van der Waals surface area contributed by atoms with E-state index < -0.39 is 5.97 Å². The van der Waals surface area contributed by atoms with Gasteiger partial charge in [0, 0.05) is 19.6 Å². The van der Waals surface area contributed by atoms with Crippen LogP contribution in [0.25, 0.3) is 0 Å². The molecule has 1 saturated heterocycles. The molecule has 0 amide bonds. The van der Waals surface area contributed by atoms with Gasteiger partial charge in [-0.15, -0.1) is 0 Å². The molecule has 3 heteroatoms. The van der Waals surface area contributed by atoms with E-state index in [0.717, 1.165) is 38.9 Å². The molecule has 0 aromatic heterocycles. The first-order valence-corrected chi connectivity index (χ1v) is 5.93. The van der Waals surface area contributed by atoms with Gasteiger partial charge in [0.25, 0.3) is 0 Å². The van der Waals surface area contributed by atoms with Crippen molar-refractivity contribution in [3.63, 3.8) is 0 Å². The summed E-state index contributed by atoms with van der Waals surface area (Å²) in [5.74, 6) is -0.260. The van der Waals surface area contributed by atoms with E-state index in [-0.39, 0.29) is 5.92 Å². The van der Waals surface area contributed by atoms with Crippen LogP contribution in [-0.4, -0.2) is 35.6 Å². The van der Waals surface area contributed by atoms with Gasteiger partial charge in [-0.25, -0.2) is 0 Å². The molecule has 2 fully saturated rings. The average Bonchev–Trinajstić information content (AvgIpc) is 2.48. The van der Waals surface area contributed by atoms with Gasteiger partial charge in [0.1, 0.15) is 0 Å². The summed E-state index contributed by atoms with van der Waals surface area (Å²) in [5.41, 5.74) is 0.456. The Morgan fingerprint density at radius 1 is 1.40 bits per heavy atom. The lowest BCUT2D eigenvalue weighted by Gasteiger charge is -2.47. The third kappa shape index (κ3) is 2.33. The highest BCUT2D eigenvalue weighted by atomic mass is 16.4. The number of rotatable bonds is 3. The monoisotopic (exact) mass is 211 g/mol. The molecule has 1 saturated carbocycles. The predicted molar refractivity (Wildman–Crippen MR) is 58.7 cm³/mol. The molecular formula is C12H21NO2. The number of hydrogen-bond acceptors (Lipinski definition) is 2. The Kier molecular flexibility index (Phi) is 2.75. The molecule has 86 valence electrons. The highest BCUT2D eigenvalue weighted by molar-refractivity contribution is 5.70. The van der Waals surface area contributed by atoms with Gasteiger partial charge in [0.2, 0.25) is 0 Å². The zero-order valence-electron chi connectivity index (χ0n) is 9.70. The number of carboxylic acid groups (broad SMARTS) is 1. The first-order chi connectivity index (χ1) is 6.98. The summed E-state index contributed by atoms with van der Waals surface area (Å²) in [6.07, 6.45) is 3.09.